The number of aliphatic hydroxyl groups is 2. The van der Waals surface area contributed by atoms with E-state index in [0.717, 1.165) is 11.4 Å². The Labute approximate surface area is 175 Å². The molecule has 4 rings (SSSR count). The Morgan fingerprint density at radius 1 is 1.21 bits per heavy atom. The molecule has 2 aliphatic carbocycles. The SMILES string of the molecule is NC(=O)[C@@H]1C[C@@H](O)[C@H](O)[C@H]2[C@@H]1N(CC1CCCCC1)C(=S)N2Cc1cccs1. The molecule has 4 N–H and O–H groups in total. The average Bonchev–Trinajstić information content (AvgIpc) is 3.28. The molecule has 1 aromatic rings. The van der Waals surface area contributed by atoms with Gasteiger partial charge in [-0.3, -0.25) is 4.79 Å². The zero-order chi connectivity index (χ0) is 19.8. The number of rotatable bonds is 5. The molecule has 1 amide bonds. The molecule has 0 radical (unpaired) electrons. The number of thiocarbonyl (C=S) groups is 1. The van der Waals surface area contributed by atoms with Crippen LogP contribution >= 0.6 is 23.6 Å². The first-order chi connectivity index (χ1) is 13.5. The van der Waals surface area contributed by atoms with Crippen LogP contribution in [0.2, 0.25) is 0 Å². The molecule has 1 aromatic heterocycles. The quantitative estimate of drug-likeness (QED) is 0.625. The Balaban J connectivity index is 1.66. The Bertz CT molecular complexity index is 708. The normalized spacial score (nSPS) is 33.9. The van der Waals surface area contributed by atoms with Gasteiger partial charge in [0.25, 0.3) is 0 Å². The van der Waals surface area contributed by atoms with E-state index in [0.29, 0.717) is 17.6 Å². The van der Waals surface area contributed by atoms with Crippen molar-refractivity contribution in [3.05, 3.63) is 22.4 Å². The van der Waals surface area contributed by atoms with Crippen molar-refractivity contribution in [3.8, 4) is 0 Å². The maximum atomic E-state index is 12.3. The summed E-state index contributed by atoms with van der Waals surface area (Å²) in [6.07, 6.45) is 4.37. The molecule has 1 aliphatic heterocycles. The summed E-state index contributed by atoms with van der Waals surface area (Å²) in [4.78, 5) is 17.6. The fourth-order valence-electron chi connectivity index (χ4n) is 5.27. The summed E-state index contributed by atoms with van der Waals surface area (Å²) in [7, 11) is 0. The van der Waals surface area contributed by atoms with Gasteiger partial charge in [-0.15, -0.1) is 11.3 Å². The molecule has 28 heavy (non-hydrogen) atoms. The summed E-state index contributed by atoms with van der Waals surface area (Å²) >= 11 is 7.50. The third-order valence-electron chi connectivity index (χ3n) is 6.66. The Morgan fingerprint density at radius 2 is 1.96 bits per heavy atom. The lowest BCUT2D eigenvalue weighted by Crippen LogP contribution is -2.61. The smallest absolute Gasteiger partial charge is 0.222 e. The molecule has 0 unspecified atom stereocenters. The Kier molecular flexibility index (Phi) is 5.92. The molecule has 154 valence electrons. The van der Waals surface area contributed by atoms with Crippen LogP contribution < -0.4 is 5.73 Å². The van der Waals surface area contributed by atoms with Crippen molar-refractivity contribution < 1.29 is 15.0 Å². The summed E-state index contributed by atoms with van der Waals surface area (Å²) in [6, 6.07) is 3.35. The molecule has 2 heterocycles. The number of hydrogen-bond donors (Lipinski definition) is 3. The van der Waals surface area contributed by atoms with Crippen molar-refractivity contribution in [2.45, 2.75) is 69.4 Å². The number of aliphatic hydroxyl groups excluding tert-OH is 2. The fourth-order valence-corrected chi connectivity index (χ4v) is 6.36. The number of amides is 1. The molecule has 3 fully saturated rings. The molecule has 0 bridgehead atoms. The first kappa shape index (κ1) is 20.1. The number of carbonyl (C=O) groups is 1. The molecule has 5 atom stereocenters. The van der Waals surface area contributed by atoms with Gasteiger partial charge in [0.15, 0.2) is 5.11 Å². The number of nitrogens with zero attached hydrogens (tertiary/aromatic N) is 2. The number of hydrogen-bond acceptors (Lipinski definition) is 5. The van der Waals surface area contributed by atoms with Crippen LogP contribution in [0.25, 0.3) is 0 Å². The van der Waals surface area contributed by atoms with Gasteiger partial charge in [0.2, 0.25) is 5.91 Å². The van der Waals surface area contributed by atoms with Crippen LogP contribution in [0.15, 0.2) is 17.5 Å². The lowest BCUT2D eigenvalue weighted by molar-refractivity contribution is -0.133. The first-order valence-electron chi connectivity index (χ1n) is 10.2. The Hall–Kier alpha value is -1.22. The number of thiophene rings is 1. The van der Waals surface area contributed by atoms with Crippen LogP contribution in [0.3, 0.4) is 0 Å². The van der Waals surface area contributed by atoms with Crippen LogP contribution in [0.5, 0.6) is 0 Å². The van der Waals surface area contributed by atoms with Crippen LogP contribution in [0.4, 0.5) is 0 Å². The number of nitrogens with two attached hydrogens (primary N) is 1. The largest absolute Gasteiger partial charge is 0.390 e. The lowest BCUT2D eigenvalue weighted by atomic mass is 9.76. The molecule has 6 nitrogen and oxygen atoms in total. The monoisotopic (exact) mass is 423 g/mol. The molecule has 0 spiro atoms. The highest BCUT2D eigenvalue weighted by Gasteiger charge is 2.56. The second-order valence-electron chi connectivity index (χ2n) is 8.43. The third-order valence-corrected chi connectivity index (χ3v) is 7.99. The van der Waals surface area contributed by atoms with Gasteiger partial charge in [0.1, 0.15) is 6.10 Å². The fraction of sp³-hybridized carbons (Fsp3) is 0.700. The van der Waals surface area contributed by atoms with E-state index in [2.05, 4.69) is 4.90 Å². The van der Waals surface area contributed by atoms with E-state index in [-0.39, 0.29) is 12.5 Å². The van der Waals surface area contributed by atoms with E-state index in [1.54, 1.807) is 11.3 Å². The number of primary amides is 1. The summed E-state index contributed by atoms with van der Waals surface area (Å²) in [5.41, 5.74) is 5.74. The van der Waals surface area contributed by atoms with E-state index < -0.39 is 30.1 Å². The lowest BCUT2D eigenvalue weighted by Gasteiger charge is -2.43. The van der Waals surface area contributed by atoms with Crippen LogP contribution in [0.1, 0.15) is 43.4 Å². The van der Waals surface area contributed by atoms with Crippen molar-refractivity contribution in [2.24, 2.45) is 17.6 Å². The van der Waals surface area contributed by atoms with Gasteiger partial charge in [0, 0.05) is 11.4 Å². The molecule has 2 saturated carbocycles. The second kappa shape index (κ2) is 8.26. The van der Waals surface area contributed by atoms with Crippen molar-refractivity contribution >= 4 is 34.6 Å². The number of carbonyl (C=O) groups excluding carboxylic acids is 1. The minimum Gasteiger partial charge on any atom is -0.390 e. The topological polar surface area (TPSA) is 90.0 Å². The molecule has 0 aromatic carbocycles. The maximum absolute atomic E-state index is 12.3. The van der Waals surface area contributed by atoms with Gasteiger partial charge in [-0.2, -0.15) is 0 Å². The van der Waals surface area contributed by atoms with Gasteiger partial charge in [-0.1, -0.05) is 25.3 Å². The van der Waals surface area contributed by atoms with Crippen molar-refractivity contribution in [2.75, 3.05) is 6.54 Å². The van der Waals surface area contributed by atoms with Gasteiger partial charge in [-0.25, -0.2) is 0 Å². The standard InChI is InChI=1S/C20H29N3O3S2/c21-19(26)14-9-15(24)18(25)17-16(14)22(10-12-5-2-1-3-6-12)20(27)23(17)11-13-7-4-8-28-13/h4,7-8,12,14-18,24-25H,1-3,5-6,9-11H2,(H2,21,26)/t14-,15-,16-,17-,18+/m1/s1. The van der Waals surface area contributed by atoms with Crippen LogP contribution in [-0.2, 0) is 11.3 Å². The van der Waals surface area contributed by atoms with Gasteiger partial charge >= 0.3 is 0 Å². The summed E-state index contributed by atoms with van der Waals surface area (Å²) in [6.45, 7) is 1.38. The minimum atomic E-state index is -0.970. The summed E-state index contributed by atoms with van der Waals surface area (Å²) < 4.78 is 0. The highest BCUT2D eigenvalue weighted by atomic mass is 32.1. The summed E-state index contributed by atoms with van der Waals surface area (Å²) in [5, 5.41) is 24.0. The Morgan fingerprint density at radius 3 is 2.61 bits per heavy atom. The molecule has 3 aliphatic rings. The van der Waals surface area contributed by atoms with Crippen molar-refractivity contribution in [3.63, 3.8) is 0 Å². The summed E-state index contributed by atoms with van der Waals surface area (Å²) in [5.74, 6) is -0.389. The average molecular weight is 424 g/mol. The van der Waals surface area contributed by atoms with Crippen molar-refractivity contribution in [1.82, 2.24) is 9.80 Å². The minimum absolute atomic E-state index is 0.189. The van der Waals surface area contributed by atoms with E-state index >= 15 is 0 Å². The zero-order valence-electron chi connectivity index (χ0n) is 15.9. The van der Waals surface area contributed by atoms with Crippen LogP contribution in [0, 0.1) is 11.8 Å². The third kappa shape index (κ3) is 3.67. The van der Waals surface area contributed by atoms with E-state index in [1.165, 1.54) is 32.1 Å². The van der Waals surface area contributed by atoms with Crippen LogP contribution in [-0.4, -0.2) is 61.9 Å². The van der Waals surface area contributed by atoms with Gasteiger partial charge in [-0.05, 0) is 48.8 Å². The number of fused-ring (bicyclic) bond motifs is 1. The first-order valence-corrected chi connectivity index (χ1v) is 11.5. The van der Waals surface area contributed by atoms with E-state index in [9.17, 15) is 15.0 Å². The van der Waals surface area contributed by atoms with Crippen molar-refractivity contribution in [1.29, 1.82) is 0 Å². The molecule has 8 heteroatoms. The van der Waals surface area contributed by atoms with E-state index in [1.807, 2.05) is 22.4 Å². The maximum Gasteiger partial charge on any atom is 0.222 e. The zero-order valence-corrected chi connectivity index (χ0v) is 17.6. The predicted octanol–water partition coefficient (Wildman–Crippen LogP) is 1.70. The molecular formula is C20H29N3O3S2. The predicted molar refractivity (Wildman–Crippen MR) is 113 cm³/mol. The highest BCUT2D eigenvalue weighted by Crippen LogP contribution is 2.40. The molecule has 1 saturated heterocycles. The van der Waals surface area contributed by atoms with Gasteiger partial charge in [0.05, 0.1) is 30.7 Å². The second-order valence-corrected chi connectivity index (χ2v) is 9.83. The van der Waals surface area contributed by atoms with Gasteiger partial charge < -0.3 is 25.7 Å². The van der Waals surface area contributed by atoms with E-state index in [4.69, 9.17) is 18.0 Å². The highest BCUT2D eigenvalue weighted by molar-refractivity contribution is 7.80. The molecular weight excluding hydrogens is 394 g/mol.